The average Bonchev–Trinajstić information content (AvgIpc) is 3.23. The van der Waals surface area contributed by atoms with E-state index in [4.69, 9.17) is 13.9 Å². The Morgan fingerprint density at radius 3 is 2.77 bits per heavy atom. The first-order valence-corrected chi connectivity index (χ1v) is 10.9. The van der Waals surface area contributed by atoms with Crippen LogP contribution in [0.25, 0.3) is 0 Å². The summed E-state index contributed by atoms with van der Waals surface area (Å²) >= 11 is 0. The number of nitrogens with zero attached hydrogens (tertiary/aromatic N) is 1. The molecule has 1 fully saturated rings. The molecule has 0 spiro atoms. The molecule has 2 heterocycles. The van der Waals surface area contributed by atoms with E-state index in [-0.39, 0.29) is 5.91 Å². The molecule has 1 aromatic heterocycles. The average molecular weight is 415 g/mol. The first-order valence-electron chi connectivity index (χ1n) is 10.9. The summed E-state index contributed by atoms with van der Waals surface area (Å²) in [5.41, 5.74) is 0.945. The third-order valence-electron chi connectivity index (χ3n) is 5.80. The fourth-order valence-corrected chi connectivity index (χ4v) is 4.06. The molecule has 0 aliphatic carbocycles. The summed E-state index contributed by atoms with van der Waals surface area (Å²) in [5, 5.41) is 3.02. The molecule has 30 heavy (non-hydrogen) atoms. The lowest BCUT2D eigenvalue weighted by atomic mass is 9.93. The highest BCUT2D eigenvalue weighted by molar-refractivity contribution is 5.75. The molecule has 1 aliphatic heterocycles. The van der Waals surface area contributed by atoms with Crippen molar-refractivity contribution in [3.63, 3.8) is 0 Å². The van der Waals surface area contributed by atoms with Crippen LogP contribution in [-0.2, 0) is 24.3 Å². The van der Waals surface area contributed by atoms with Crippen molar-refractivity contribution in [1.29, 1.82) is 0 Å². The van der Waals surface area contributed by atoms with Gasteiger partial charge in [-0.1, -0.05) is 6.92 Å². The first kappa shape index (κ1) is 22.2. The van der Waals surface area contributed by atoms with Gasteiger partial charge in [0.1, 0.15) is 23.0 Å². The normalized spacial score (nSPS) is 17.0. The van der Waals surface area contributed by atoms with Gasteiger partial charge in [-0.25, -0.2) is 0 Å². The largest absolute Gasteiger partial charge is 0.497 e. The van der Waals surface area contributed by atoms with Gasteiger partial charge in [-0.2, -0.15) is 0 Å². The van der Waals surface area contributed by atoms with E-state index in [1.54, 1.807) is 14.2 Å². The van der Waals surface area contributed by atoms with E-state index in [2.05, 4.69) is 29.3 Å². The van der Waals surface area contributed by atoms with Crippen LogP contribution in [0.15, 0.2) is 34.7 Å². The highest BCUT2D eigenvalue weighted by Gasteiger charge is 2.21. The Morgan fingerprint density at radius 2 is 2.03 bits per heavy atom. The number of nitrogens with one attached hydrogen (secondary N) is 1. The van der Waals surface area contributed by atoms with E-state index in [1.807, 2.05) is 18.2 Å². The molecule has 2 aromatic rings. The number of methoxy groups -OCH3 is 2. The summed E-state index contributed by atoms with van der Waals surface area (Å²) in [6, 6.07) is 9.79. The number of aryl methyl sites for hydroxylation is 1. The van der Waals surface area contributed by atoms with Crippen LogP contribution in [0.2, 0.25) is 0 Å². The molecule has 0 unspecified atom stereocenters. The lowest BCUT2D eigenvalue weighted by Crippen LogP contribution is -2.35. The van der Waals surface area contributed by atoms with Crippen LogP contribution in [0.5, 0.6) is 11.5 Å². The Labute approximate surface area is 179 Å². The maximum Gasteiger partial charge on any atom is 0.220 e. The highest BCUT2D eigenvalue weighted by Crippen LogP contribution is 2.25. The second kappa shape index (κ2) is 11.1. The number of benzene rings is 1. The van der Waals surface area contributed by atoms with Gasteiger partial charge in [0.15, 0.2) is 0 Å². The highest BCUT2D eigenvalue weighted by atomic mass is 16.5. The van der Waals surface area contributed by atoms with Crippen LogP contribution in [0.3, 0.4) is 0 Å². The zero-order valence-electron chi connectivity index (χ0n) is 18.4. The van der Waals surface area contributed by atoms with E-state index in [0.717, 1.165) is 61.1 Å². The fraction of sp³-hybridized carbons (Fsp3) is 0.542. The van der Waals surface area contributed by atoms with E-state index in [1.165, 1.54) is 12.8 Å². The second-order valence-corrected chi connectivity index (χ2v) is 7.96. The number of piperidine rings is 1. The topological polar surface area (TPSA) is 63.9 Å². The Bertz CT molecular complexity index is 817. The van der Waals surface area contributed by atoms with Crippen molar-refractivity contribution in [2.75, 3.05) is 27.3 Å². The Hall–Kier alpha value is -2.47. The van der Waals surface area contributed by atoms with Gasteiger partial charge in [0.25, 0.3) is 0 Å². The molecule has 164 valence electrons. The third kappa shape index (κ3) is 6.26. The molecule has 6 nitrogen and oxygen atoms in total. The molecular weight excluding hydrogens is 380 g/mol. The molecule has 1 N–H and O–H groups in total. The number of carbonyl (C=O) groups excluding carboxylic acids is 1. The van der Waals surface area contributed by atoms with Crippen molar-refractivity contribution < 1.29 is 18.7 Å². The fourth-order valence-electron chi connectivity index (χ4n) is 4.06. The van der Waals surface area contributed by atoms with Gasteiger partial charge in [0, 0.05) is 37.6 Å². The minimum absolute atomic E-state index is 0.0867. The molecule has 0 radical (unpaired) electrons. The van der Waals surface area contributed by atoms with Gasteiger partial charge in [0.05, 0.1) is 20.8 Å². The van der Waals surface area contributed by atoms with Gasteiger partial charge in [-0.15, -0.1) is 0 Å². The monoisotopic (exact) mass is 414 g/mol. The summed E-state index contributed by atoms with van der Waals surface area (Å²) in [4.78, 5) is 14.8. The summed E-state index contributed by atoms with van der Waals surface area (Å²) in [6.07, 6.45) is 4.77. The lowest BCUT2D eigenvalue weighted by Gasteiger charge is -2.32. The molecule has 0 saturated carbocycles. The minimum Gasteiger partial charge on any atom is -0.497 e. The van der Waals surface area contributed by atoms with Crippen LogP contribution >= 0.6 is 0 Å². The summed E-state index contributed by atoms with van der Waals surface area (Å²) in [7, 11) is 3.25. The van der Waals surface area contributed by atoms with Crippen molar-refractivity contribution in [3.05, 3.63) is 47.4 Å². The molecule has 3 rings (SSSR count). The smallest absolute Gasteiger partial charge is 0.220 e. The predicted molar refractivity (Wildman–Crippen MR) is 117 cm³/mol. The number of hydrogen-bond donors (Lipinski definition) is 1. The van der Waals surface area contributed by atoms with Crippen LogP contribution < -0.4 is 14.8 Å². The van der Waals surface area contributed by atoms with E-state index >= 15 is 0 Å². The molecular formula is C24H34N2O4. The van der Waals surface area contributed by atoms with Crippen molar-refractivity contribution in [2.45, 2.75) is 52.1 Å². The zero-order chi connectivity index (χ0) is 21.3. The van der Waals surface area contributed by atoms with E-state index in [0.29, 0.717) is 18.9 Å². The van der Waals surface area contributed by atoms with Gasteiger partial charge >= 0.3 is 0 Å². The van der Waals surface area contributed by atoms with Gasteiger partial charge in [-0.3, -0.25) is 9.69 Å². The van der Waals surface area contributed by atoms with Crippen molar-refractivity contribution >= 4 is 5.91 Å². The van der Waals surface area contributed by atoms with Crippen molar-refractivity contribution in [3.8, 4) is 11.5 Å². The van der Waals surface area contributed by atoms with Crippen LogP contribution in [-0.4, -0.2) is 38.1 Å². The van der Waals surface area contributed by atoms with Crippen molar-refractivity contribution in [2.24, 2.45) is 5.92 Å². The van der Waals surface area contributed by atoms with Crippen LogP contribution in [0, 0.1) is 5.92 Å². The molecule has 0 bridgehead atoms. The maximum atomic E-state index is 12.4. The third-order valence-corrected chi connectivity index (χ3v) is 5.80. The van der Waals surface area contributed by atoms with Gasteiger partial charge < -0.3 is 19.2 Å². The van der Waals surface area contributed by atoms with E-state index < -0.39 is 0 Å². The van der Waals surface area contributed by atoms with Gasteiger partial charge in [0.2, 0.25) is 5.91 Å². The number of furan rings is 1. The zero-order valence-corrected chi connectivity index (χ0v) is 18.4. The number of carbonyl (C=O) groups is 1. The number of hydrogen-bond acceptors (Lipinski definition) is 5. The molecule has 1 atom stereocenters. The molecule has 1 saturated heterocycles. The van der Waals surface area contributed by atoms with Crippen molar-refractivity contribution in [1.82, 2.24) is 10.2 Å². The van der Waals surface area contributed by atoms with Gasteiger partial charge in [-0.05, 0) is 56.0 Å². The first-order chi connectivity index (χ1) is 14.6. The standard InChI is InChI=1S/C24H34N2O4/c1-4-20-10-11-22(30-20)17-26-13-5-6-18(16-26)7-12-24(27)25-15-19-8-9-21(28-2)14-23(19)29-3/h8-11,14,18H,4-7,12-13,15-17H2,1-3H3,(H,25,27)/t18-/m0/s1. The molecule has 1 aromatic carbocycles. The quantitative estimate of drug-likeness (QED) is 0.632. The summed E-state index contributed by atoms with van der Waals surface area (Å²) in [5.74, 6) is 4.19. The number of amides is 1. The minimum atomic E-state index is 0.0867. The molecule has 1 aliphatic rings. The summed E-state index contributed by atoms with van der Waals surface area (Å²) in [6.45, 7) is 5.56. The Balaban J connectivity index is 1.42. The Kier molecular flexibility index (Phi) is 8.20. The van der Waals surface area contributed by atoms with Crippen LogP contribution in [0.4, 0.5) is 0 Å². The predicted octanol–water partition coefficient (Wildman–Crippen LogP) is 4.17. The van der Waals surface area contributed by atoms with E-state index in [9.17, 15) is 4.79 Å². The van der Waals surface area contributed by atoms with Crippen LogP contribution in [0.1, 0.15) is 49.7 Å². The lowest BCUT2D eigenvalue weighted by molar-refractivity contribution is -0.121. The maximum absolute atomic E-state index is 12.4. The molecule has 6 heteroatoms. The Morgan fingerprint density at radius 1 is 1.20 bits per heavy atom. The summed E-state index contributed by atoms with van der Waals surface area (Å²) < 4.78 is 16.5. The SMILES string of the molecule is CCc1ccc(CN2CCC[C@@H](CCC(=O)NCc3ccc(OC)cc3OC)C2)o1. The second-order valence-electron chi connectivity index (χ2n) is 7.96. The number of rotatable bonds is 10. The number of likely N-dealkylation sites (tertiary alicyclic amines) is 1. The number of ether oxygens (including phenoxy) is 2. The molecule has 1 amide bonds.